The van der Waals surface area contributed by atoms with Crippen LogP contribution in [0.15, 0.2) is 42.5 Å². The number of hydrogen-bond acceptors (Lipinski definition) is 4. The molecule has 35 heavy (non-hydrogen) atoms. The van der Waals surface area contributed by atoms with Crippen LogP contribution in [0.5, 0.6) is 5.75 Å². The third kappa shape index (κ3) is 5.19. The van der Waals surface area contributed by atoms with E-state index >= 15 is 0 Å². The van der Waals surface area contributed by atoms with Gasteiger partial charge in [-0.2, -0.15) is 0 Å². The summed E-state index contributed by atoms with van der Waals surface area (Å²) in [5.41, 5.74) is 3.87. The molecule has 2 bridgehead atoms. The van der Waals surface area contributed by atoms with E-state index < -0.39 is 6.36 Å². The van der Waals surface area contributed by atoms with Crippen LogP contribution in [-0.2, 0) is 4.79 Å². The summed E-state index contributed by atoms with van der Waals surface area (Å²) in [4.78, 5) is 17.9. The summed E-state index contributed by atoms with van der Waals surface area (Å²) in [6.07, 6.45) is -0.427. The summed E-state index contributed by atoms with van der Waals surface area (Å²) in [5.74, 6) is 0.444. The maximum Gasteiger partial charge on any atom is 0.573 e. The Kier molecular flexibility index (Phi) is 6.77. The zero-order chi connectivity index (χ0) is 24.6. The van der Waals surface area contributed by atoms with E-state index in [1.807, 2.05) is 6.07 Å². The predicted molar refractivity (Wildman–Crippen MR) is 126 cm³/mol. The van der Waals surface area contributed by atoms with Crippen molar-refractivity contribution in [2.45, 2.75) is 50.4 Å². The zero-order valence-corrected chi connectivity index (χ0v) is 19.6. The van der Waals surface area contributed by atoms with Crippen LogP contribution < -0.4 is 4.74 Å². The number of fused-ring (bicyclic) bond motifs is 5. The lowest BCUT2D eigenvalue weighted by atomic mass is 9.91. The number of hydrogen-bond donors (Lipinski definition) is 1. The molecular formula is C27H31F3N2O3. The van der Waals surface area contributed by atoms with Crippen molar-refractivity contribution in [3.8, 4) is 16.9 Å². The summed E-state index contributed by atoms with van der Waals surface area (Å²) in [5, 5.41) is 9.06. The van der Waals surface area contributed by atoms with E-state index in [4.69, 9.17) is 5.11 Å². The fourth-order valence-corrected chi connectivity index (χ4v) is 6.03. The third-order valence-corrected chi connectivity index (χ3v) is 7.74. The van der Waals surface area contributed by atoms with Gasteiger partial charge in [0.25, 0.3) is 0 Å². The Morgan fingerprint density at radius 2 is 1.77 bits per heavy atom. The van der Waals surface area contributed by atoms with E-state index in [1.165, 1.54) is 17.7 Å². The number of benzene rings is 2. The molecule has 0 radical (unpaired) electrons. The molecule has 5 rings (SSSR count). The first-order chi connectivity index (χ1) is 16.8. The summed E-state index contributed by atoms with van der Waals surface area (Å²) in [6, 6.07) is 12.2. The number of carbonyl (C=O) groups is 1. The summed E-state index contributed by atoms with van der Waals surface area (Å²) < 4.78 is 42.1. The normalized spacial score (nSPS) is 22.8. The van der Waals surface area contributed by atoms with Gasteiger partial charge in [-0.15, -0.1) is 13.2 Å². The van der Waals surface area contributed by atoms with E-state index in [9.17, 15) is 18.0 Å². The number of amides is 1. The second-order valence-electron chi connectivity index (χ2n) is 9.88. The van der Waals surface area contributed by atoms with Gasteiger partial charge in [0.2, 0.25) is 5.91 Å². The number of alkyl halides is 3. The standard InChI is InChI=1S/C27H31F3N2O3/c28-27(29,30)35-22-4-1-3-19(15-22)20-5-6-23-21-9-13-32(25(17-21)24(23)16-20)26(34)18-7-11-31(12-8-18)10-2-14-33/h1,3-6,15-16,18,21,25,33H,2,7-14,17H2. The quantitative estimate of drug-likeness (QED) is 0.614. The molecule has 1 amide bonds. The van der Waals surface area contributed by atoms with Crippen molar-refractivity contribution in [2.24, 2.45) is 5.92 Å². The van der Waals surface area contributed by atoms with Gasteiger partial charge in [-0.05, 0) is 91.6 Å². The van der Waals surface area contributed by atoms with Gasteiger partial charge in [0, 0.05) is 25.6 Å². The van der Waals surface area contributed by atoms with Crippen LogP contribution in [-0.4, -0.2) is 60.0 Å². The third-order valence-electron chi connectivity index (χ3n) is 7.74. The average molecular weight is 489 g/mol. The number of aliphatic hydroxyl groups excluding tert-OH is 1. The highest BCUT2D eigenvalue weighted by molar-refractivity contribution is 5.80. The molecule has 2 aliphatic heterocycles. The van der Waals surface area contributed by atoms with E-state index in [-0.39, 0.29) is 30.2 Å². The minimum atomic E-state index is -4.73. The molecule has 0 aromatic heterocycles. The highest BCUT2D eigenvalue weighted by Gasteiger charge is 2.42. The highest BCUT2D eigenvalue weighted by atomic mass is 19.4. The van der Waals surface area contributed by atoms with Gasteiger partial charge in [0.15, 0.2) is 0 Å². The Morgan fingerprint density at radius 3 is 2.51 bits per heavy atom. The van der Waals surface area contributed by atoms with Gasteiger partial charge in [-0.3, -0.25) is 4.79 Å². The SMILES string of the molecule is O=C(C1CCN(CCCO)CC1)N1CCC2CC1c1cc(-c3cccc(OC(F)(F)F)c3)ccc12. The molecule has 2 aromatic carbocycles. The number of nitrogens with zero attached hydrogens (tertiary/aromatic N) is 2. The summed E-state index contributed by atoms with van der Waals surface area (Å²) >= 11 is 0. The van der Waals surface area contributed by atoms with Crippen molar-refractivity contribution in [1.29, 1.82) is 0 Å². The molecule has 0 spiro atoms. The van der Waals surface area contributed by atoms with Gasteiger partial charge in [-0.25, -0.2) is 0 Å². The van der Waals surface area contributed by atoms with Gasteiger partial charge < -0.3 is 19.6 Å². The Morgan fingerprint density at radius 1 is 1.00 bits per heavy atom. The average Bonchev–Trinajstić information content (AvgIpc) is 3.13. The highest BCUT2D eigenvalue weighted by Crippen LogP contribution is 2.50. The second kappa shape index (κ2) is 9.82. The molecule has 0 saturated carbocycles. The van der Waals surface area contributed by atoms with Crippen molar-refractivity contribution >= 4 is 5.91 Å². The Labute approximate surface area is 203 Å². The van der Waals surface area contributed by atoms with E-state index in [1.54, 1.807) is 12.1 Å². The molecular weight excluding hydrogens is 457 g/mol. The smallest absolute Gasteiger partial charge is 0.406 e. The monoisotopic (exact) mass is 488 g/mol. The molecule has 1 N–H and O–H groups in total. The Balaban J connectivity index is 1.33. The van der Waals surface area contributed by atoms with Crippen molar-refractivity contribution in [3.05, 3.63) is 53.6 Å². The van der Waals surface area contributed by atoms with Crippen LogP contribution in [0, 0.1) is 5.92 Å². The Bertz CT molecular complexity index is 1070. The number of aliphatic hydroxyl groups is 1. The van der Waals surface area contributed by atoms with E-state index in [0.29, 0.717) is 11.5 Å². The van der Waals surface area contributed by atoms with E-state index in [0.717, 1.165) is 69.4 Å². The first kappa shape index (κ1) is 24.1. The van der Waals surface area contributed by atoms with Crippen LogP contribution in [0.3, 0.4) is 0 Å². The van der Waals surface area contributed by atoms with Crippen LogP contribution in [0.25, 0.3) is 11.1 Å². The molecule has 1 aliphatic carbocycles. The van der Waals surface area contributed by atoms with Crippen molar-refractivity contribution < 1.29 is 27.8 Å². The van der Waals surface area contributed by atoms with Crippen LogP contribution in [0.4, 0.5) is 13.2 Å². The summed E-state index contributed by atoms with van der Waals surface area (Å²) in [6.45, 7) is 3.58. The van der Waals surface area contributed by atoms with Crippen molar-refractivity contribution in [3.63, 3.8) is 0 Å². The minimum Gasteiger partial charge on any atom is -0.406 e. The first-order valence-corrected chi connectivity index (χ1v) is 12.5. The largest absolute Gasteiger partial charge is 0.573 e. The van der Waals surface area contributed by atoms with Gasteiger partial charge >= 0.3 is 6.36 Å². The maximum absolute atomic E-state index is 13.5. The van der Waals surface area contributed by atoms with Crippen molar-refractivity contribution in [1.82, 2.24) is 9.80 Å². The Hall–Kier alpha value is -2.58. The number of likely N-dealkylation sites (tertiary alicyclic amines) is 2. The molecule has 2 heterocycles. The van der Waals surface area contributed by atoms with Gasteiger partial charge in [0.05, 0.1) is 6.04 Å². The second-order valence-corrected chi connectivity index (χ2v) is 9.88. The lowest BCUT2D eigenvalue weighted by Crippen LogP contribution is -2.45. The molecule has 2 unspecified atom stereocenters. The first-order valence-electron chi connectivity index (χ1n) is 12.5. The molecule has 2 saturated heterocycles. The number of piperidine rings is 2. The molecule has 2 atom stereocenters. The molecule has 8 heteroatoms. The number of halogens is 3. The lowest BCUT2D eigenvalue weighted by molar-refractivity contribution is -0.274. The molecule has 2 aromatic rings. The van der Waals surface area contributed by atoms with Gasteiger partial charge in [-0.1, -0.05) is 24.3 Å². The van der Waals surface area contributed by atoms with Gasteiger partial charge in [0.1, 0.15) is 5.75 Å². The van der Waals surface area contributed by atoms with E-state index in [2.05, 4.69) is 26.7 Å². The number of carbonyl (C=O) groups excluding carboxylic acids is 1. The van der Waals surface area contributed by atoms with Crippen molar-refractivity contribution in [2.75, 3.05) is 32.8 Å². The van der Waals surface area contributed by atoms with Crippen LogP contribution >= 0.6 is 0 Å². The minimum absolute atomic E-state index is 0.0261. The van der Waals surface area contributed by atoms with Crippen LogP contribution in [0.1, 0.15) is 55.2 Å². The molecule has 5 nitrogen and oxygen atoms in total. The molecule has 3 aliphatic rings. The molecule has 2 fully saturated rings. The predicted octanol–water partition coefficient (Wildman–Crippen LogP) is 5.11. The lowest BCUT2D eigenvalue weighted by Gasteiger charge is -2.39. The number of rotatable bonds is 6. The topological polar surface area (TPSA) is 53.0 Å². The maximum atomic E-state index is 13.5. The van der Waals surface area contributed by atoms with Crippen LogP contribution in [0.2, 0.25) is 0 Å². The number of ether oxygens (including phenoxy) is 1. The fraction of sp³-hybridized carbons (Fsp3) is 0.519. The summed E-state index contributed by atoms with van der Waals surface area (Å²) in [7, 11) is 0. The zero-order valence-electron chi connectivity index (χ0n) is 19.6. The molecule has 188 valence electrons. The fourth-order valence-electron chi connectivity index (χ4n) is 6.03.